The van der Waals surface area contributed by atoms with E-state index in [0.29, 0.717) is 28.4 Å². The lowest BCUT2D eigenvalue weighted by molar-refractivity contribution is -0.115. The summed E-state index contributed by atoms with van der Waals surface area (Å²) in [5.74, 6) is -1.24. The smallest absolute Gasteiger partial charge is 0.257 e. The van der Waals surface area contributed by atoms with E-state index in [1.165, 1.54) is 17.8 Å². The minimum Gasteiger partial charge on any atom is -0.366 e. The molecule has 6 nitrogen and oxygen atoms in total. The lowest BCUT2D eigenvalue weighted by Gasteiger charge is -2.16. The number of amides is 3. The zero-order chi connectivity index (χ0) is 24.0. The van der Waals surface area contributed by atoms with Crippen molar-refractivity contribution in [1.29, 1.82) is 0 Å². The summed E-state index contributed by atoms with van der Waals surface area (Å²) in [5.41, 5.74) is 6.87. The van der Waals surface area contributed by atoms with Gasteiger partial charge in [0.15, 0.2) is 0 Å². The van der Waals surface area contributed by atoms with Gasteiger partial charge in [-0.25, -0.2) is 0 Å². The van der Waals surface area contributed by atoms with E-state index in [2.05, 4.69) is 10.6 Å². The van der Waals surface area contributed by atoms with Crippen LogP contribution in [0.5, 0.6) is 0 Å². The molecule has 3 aromatic rings. The van der Waals surface area contributed by atoms with E-state index in [9.17, 15) is 14.4 Å². The third-order valence-corrected chi connectivity index (χ3v) is 6.57. The number of carbonyl (C=O) groups is 3. The summed E-state index contributed by atoms with van der Waals surface area (Å²) in [4.78, 5) is 37.9. The van der Waals surface area contributed by atoms with Crippen LogP contribution in [0.2, 0.25) is 10.0 Å². The maximum absolute atomic E-state index is 12.9. The van der Waals surface area contributed by atoms with Gasteiger partial charge in [-0.1, -0.05) is 48.3 Å². The number of primary amides is 1. The summed E-state index contributed by atoms with van der Waals surface area (Å²) in [7, 11) is 0. The van der Waals surface area contributed by atoms with Crippen LogP contribution in [0, 0.1) is 0 Å². The van der Waals surface area contributed by atoms with E-state index in [0.717, 1.165) is 4.90 Å². The number of benzene rings is 3. The predicted molar refractivity (Wildman–Crippen MR) is 134 cm³/mol. The zero-order valence-corrected chi connectivity index (χ0v) is 19.9. The third kappa shape index (κ3) is 6.51. The van der Waals surface area contributed by atoms with Crippen molar-refractivity contribution in [2.24, 2.45) is 5.73 Å². The van der Waals surface area contributed by atoms with Gasteiger partial charge in [0, 0.05) is 15.6 Å². The molecule has 9 heteroatoms. The van der Waals surface area contributed by atoms with Gasteiger partial charge in [0.25, 0.3) is 11.8 Å². The van der Waals surface area contributed by atoms with Crippen molar-refractivity contribution in [2.75, 3.05) is 10.6 Å². The largest absolute Gasteiger partial charge is 0.366 e. The van der Waals surface area contributed by atoms with E-state index >= 15 is 0 Å². The standard InChI is InChI=1S/C24H21Cl2N3O3S/c1-2-21(24(32)29-20-9-4-3-8-18(20)22(27)30)33-16-7-5-6-15(13-16)28-23(31)17-11-10-14(25)12-19(17)26/h3-13,21H,2H2,1H3,(H2,27,30)(H,28,31)(H,29,32). The fourth-order valence-corrected chi connectivity index (χ4v) is 4.53. The average Bonchev–Trinajstić information content (AvgIpc) is 2.77. The molecule has 170 valence electrons. The molecule has 3 amide bonds. The molecule has 1 atom stereocenters. The lowest BCUT2D eigenvalue weighted by Crippen LogP contribution is -2.26. The van der Waals surface area contributed by atoms with Crippen LogP contribution in [0.3, 0.4) is 0 Å². The topological polar surface area (TPSA) is 101 Å². The van der Waals surface area contributed by atoms with Crippen molar-refractivity contribution < 1.29 is 14.4 Å². The van der Waals surface area contributed by atoms with Crippen molar-refractivity contribution in [2.45, 2.75) is 23.5 Å². The highest BCUT2D eigenvalue weighted by Gasteiger charge is 2.20. The second-order valence-corrected chi connectivity index (χ2v) is 9.14. The normalized spacial score (nSPS) is 11.5. The van der Waals surface area contributed by atoms with Crippen LogP contribution >= 0.6 is 35.0 Å². The summed E-state index contributed by atoms with van der Waals surface area (Å²) in [6.07, 6.45) is 0.548. The molecule has 3 rings (SSSR count). The van der Waals surface area contributed by atoms with Crippen LogP contribution < -0.4 is 16.4 Å². The molecule has 33 heavy (non-hydrogen) atoms. The highest BCUT2D eigenvalue weighted by molar-refractivity contribution is 8.00. The summed E-state index contributed by atoms with van der Waals surface area (Å²) < 4.78 is 0. The quantitative estimate of drug-likeness (QED) is 0.336. The number of hydrogen-bond acceptors (Lipinski definition) is 4. The highest BCUT2D eigenvalue weighted by atomic mass is 35.5. The summed E-state index contributed by atoms with van der Waals surface area (Å²) in [5, 5.41) is 5.86. The van der Waals surface area contributed by atoms with Crippen molar-refractivity contribution in [3.8, 4) is 0 Å². The minimum atomic E-state index is -0.615. The van der Waals surface area contributed by atoms with E-state index in [1.807, 2.05) is 13.0 Å². The molecular formula is C24H21Cl2N3O3S. The summed E-state index contributed by atoms with van der Waals surface area (Å²) in [6, 6.07) is 18.4. The van der Waals surface area contributed by atoms with Crippen LogP contribution in [0.25, 0.3) is 0 Å². The molecule has 0 aromatic heterocycles. The third-order valence-electron chi connectivity index (χ3n) is 4.66. The van der Waals surface area contributed by atoms with Gasteiger partial charge in [-0.3, -0.25) is 14.4 Å². The second kappa shape index (κ2) is 11.2. The number of para-hydroxylation sites is 1. The Kier molecular flexibility index (Phi) is 8.38. The van der Waals surface area contributed by atoms with Gasteiger partial charge in [-0.2, -0.15) is 0 Å². The molecule has 0 radical (unpaired) electrons. The van der Waals surface area contributed by atoms with Gasteiger partial charge in [0.05, 0.1) is 27.1 Å². The number of thioether (sulfide) groups is 1. The monoisotopic (exact) mass is 501 g/mol. The zero-order valence-electron chi connectivity index (χ0n) is 17.6. The summed E-state index contributed by atoms with van der Waals surface area (Å²) >= 11 is 13.4. The molecule has 0 spiro atoms. The first kappa shape index (κ1) is 24.6. The molecule has 0 saturated carbocycles. The number of halogens is 2. The molecule has 0 aliphatic carbocycles. The second-order valence-electron chi connectivity index (χ2n) is 7.02. The Balaban J connectivity index is 1.71. The van der Waals surface area contributed by atoms with Gasteiger partial charge in [0.1, 0.15) is 0 Å². The Morgan fingerprint density at radius 3 is 2.39 bits per heavy atom. The van der Waals surface area contributed by atoms with Gasteiger partial charge < -0.3 is 16.4 Å². The maximum Gasteiger partial charge on any atom is 0.257 e. The van der Waals surface area contributed by atoms with Gasteiger partial charge >= 0.3 is 0 Å². The van der Waals surface area contributed by atoms with Crippen LogP contribution in [0.4, 0.5) is 11.4 Å². The Morgan fingerprint density at radius 1 is 0.939 bits per heavy atom. The van der Waals surface area contributed by atoms with Crippen molar-refractivity contribution in [3.63, 3.8) is 0 Å². The lowest BCUT2D eigenvalue weighted by atomic mass is 10.1. The van der Waals surface area contributed by atoms with E-state index in [1.54, 1.807) is 54.6 Å². The van der Waals surface area contributed by atoms with Gasteiger partial charge in [-0.05, 0) is 55.0 Å². The van der Waals surface area contributed by atoms with Crippen molar-refractivity contribution in [1.82, 2.24) is 0 Å². The van der Waals surface area contributed by atoms with E-state index in [4.69, 9.17) is 28.9 Å². The number of nitrogens with two attached hydrogens (primary N) is 1. The van der Waals surface area contributed by atoms with Gasteiger partial charge in [-0.15, -0.1) is 11.8 Å². The molecule has 0 heterocycles. The van der Waals surface area contributed by atoms with Crippen molar-refractivity contribution >= 4 is 64.1 Å². The molecule has 4 N–H and O–H groups in total. The van der Waals surface area contributed by atoms with E-state index in [-0.39, 0.29) is 22.4 Å². The molecule has 3 aromatic carbocycles. The molecule has 1 unspecified atom stereocenters. The fraction of sp³-hybridized carbons (Fsp3) is 0.125. The number of hydrogen-bond donors (Lipinski definition) is 3. The molecule has 0 bridgehead atoms. The number of rotatable bonds is 8. The first-order chi connectivity index (χ1) is 15.8. The van der Waals surface area contributed by atoms with E-state index < -0.39 is 11.2 Å². The van der Waals surface area contributed by atoms with Crippen LogP contribution in [-0.2, 0) is 4.79 Å². The molecule has 0 fully saturated rings. The van der Waals surface area contributed by atoms with Crippen molar-refractivity contribution in [3.05, 3.63) is 87.9 Å². The first-order valence-corrected chi connectivity index (χ1v) is 11.6. The molecule has 0 saturated heterocycles. The molecule has 0 aliphatic heterocycles. The first-order valence-electron chi connectivity index (χ1n) is 10.0. The van der Waals surface area contributed by atoms with Crippen LogP contribution in [0.15, 0.2) is 71.6 Å². The number of carbonyl (C=O) groups excluding carboxylic acids is 3. The molecular weight excluding hydrogens is 481 g/mol. The average molecular weight is 502 g/mol. The van der Waals surface area contributed by atoms with Crippen LogP contribution in [0.1, 0.15) is 34.1 Å². The van der Waals surface area contributed by atoms with Crippen LogP contribution in [-0.4, -0.2) is 23.0 Å². The SMILES string of the molecule is CCC(Sc1cccc(NC(=O)c2ccc(Cl)cc2Cl)c1)C(=O)Nc1ccccc1C(N)=O. The number of anilines is 2. The Bertz CT molecular complexity index is 1200. The molecule has 0 aliphatic rings. The predicted octanol–water partition coefficient (Wildman–Crippen LogP) is 5.85. The Morgan fingerprint density at radius 2 is 1.70 bits per heavy atom. The fourth-order valence-electron chi connectivity index (χ4n) is 3.03. The highest BCUT2D eigenvalue weighted by Crippen LogP contribution is 2.29. The summed E-state index contributed by atoms with van der Waals surface area (Å²) in [6.45, 7) is 1.89. The number of nitrogens with one attached hydrogen (secondary N) is 2. The maximum atomic E-state index is 12.9. The Labute approximate surface area is 205 Å². The minimum absolute atomic E-state index is 0.247. The van der Waals surface area contributed by atoms with Gasteiger partial charge in [0.2, 0.25) is 5.91 Å². The Hall–Kier alpha value is -3.00.